The van der Waals surface area contributed by atoms with Crippen LogP contribution in [0.1, 0.15) is 0 Å². The first-order chi connectivity index (χ1) is 5.86. The predicted octanol–water partition coefficient (Wildman–Crippen LogP) is 0.666. The van der Waals surface area contributed by atoms with Gasteiger partial charge in [0.1, 0.15) is 0 Å². The summed E-state index contributed by atoms with van der Waals surface area (Å²) in [6.07, 6.45) is 3.24. The van der Waals surface area contributed by atoms with Crippen LogP contribution in [0.5, 0.6) is 0 Å². The second-order valence-electron chi connectivity index (χ2n) is 1.98. The molecule has 2 rings (SSSR count). The van der Waals surface area contributed by atoms with E-state index in [0.717, 1.165) is 18.8 Å². The highest BCUT2D eigenvalue weighted by Gasteiger charge is 2.04. The van der Waals surface area contributed by atoms with Crippen molar-refractivity contribution in [3.05, 3.63) is 24.6 Å². The van der Waals surface area contributed by atoms with Crippen LogP contribution in [0.2, 0.25) is 0 Å². The first-order valence-corrected chi connectivity index (χ1v) is 3.10. The Bertz CT molecular complexity index is 358. The zero-order valence-corrected chi connectivity index (χ0v) is 5.81. The lowest BCUT2D eigenvalue weighted by Crippen LogP contribution is -1.90. The van der Waals surface area contributed by atoms with Crippen molar-refractivity contribution in [3.63, 3.8) is 0 Å². The lowest BCUT2D eigenvalue weighted by atomic mass is 10.5. The molecule has 12 heavy (non-hydrogen) atoms. The lowest BCUT2D eigenvalue weighted by molar-refractivity contribution is 0.418. The summed E-state index contributed by atoms with van der Waals surface area (Å²) in [7, 11) is 0. The summed E-state index contributed by atoms with van der Waals surface area (Å²) in [5, 5.41) is 3.48. The molecule has 0 atom stereocenters. The Balaban J connectivity index is 2.43. The topological polar surface area (TPSA) is 64.7 Å². The maximum Gasteiger partial charge on any atom is 0.239 e. The maximum atomic E-state index is 12.3. The van der Waals surface area contributed by atoms with Crippen LogP contribution in [-0.4, -0.2) is 20.1 Å². The van der Waals surface area contributed by atoms with Crippen LogP contribution >= 0.6 is 0 Å². The summed E-state index contributed by atoms with van der Waals surface area (Å²) < 4.78 is 16.8. The van der Waals surface area contributed by atoms with E-state index in [1.807, 2.05) is 0 Å². The molecule has 0 radical (unpaired) electrons. The van der Waals surface area contributed by atoms with Crippen LogP contribution in [0.4, 0.5) is 4.39 Å². The van der Waals surface area contributed by atoms with Crippen LogP contribution in [-0.2, 0) is 0 Å². The van der Waals surface area contributed by atoms with Gasteiger partial charge in [0.05, 0.1) is 12.4 Å². The standard InChI is InChI=1S/C6H3FN4O/c7-4-1-8-5(9-2-4)6-10-3-12-11-6/h1-3H. The summed E-state index contributed by atoms with van der Waals surface area (Å²) in [6, 6.07) is 0. The molecule has 2 aromatic rings. The van der Waals surface area contributed by atoms with E-state index in [2.05, 4.69) is 24.6 Å². The zero-order valence-electron chi connectivity index (χ0n) is 5.81. The first-order valence-electron chi connectivity index (χ1n) is 3.10. The third kappa shape index (κ3) is 1.14. The second kappa shape index (κ2) is 2.65. The van der Waals surface area contributed by atoms with Crippen molar-refractivity contribution < 1.29 is 8.91 Å². The molecular weight excluding hydrogens is 163 g/mol. The highest BCUT2D eigenvalue weighted by Crippen LogP contribution is 2.06. The van der Waals surface area contributed by atoms with E-state index in [4.69, 9.17) is 0 Å². The molecule has 0 saturated heterocycles. The van der Waals surface area contributed by atoms with Crippen LogP contribution < -0.4 is 0 Å². The molecule has 0 aliphatic carbocycles. The molecule has 0 aliphatic rings. The van der Waals surface area contributed by atoms with Crippen LogP contribution in [0.3, 0.4) is 0 Å². The molecule has 0 amide bonds. The fourth-order valence-corrected chi connectivity index (χ4v) is 0.697. The molecular formula is C6H3FN4O. The lowest BCUT2D eigenvalue weighted by Gasteiger charge is -1.89. The van der Waals surface area contributed by atoms with Gasteiger partial charge in [-0.25, -0.2) is 14.4 Å². The molecule has 0 bridgehead atoms. The van der Waals surface area contributed by atoms with Gasteiger partial charge >= 0.3 is 0 Å². The number of halogens is 1. The van der Waals surface area contributed by atoms with Crippen molar-refractivity contribution in [2.75, 3.05) is 0 Å². The van der Waals surface area contributed by atoms with E-state index in [-0.39, 0.29) is 11.6 Å². The maximum absolute atomic E-state index is 12.3. The average Bonchev–Trinajstić information content (AvgIpc) is 2.58. The summed E-state index contributed by atoms with van der Waals surface area (Å²) in [4.78, 5) is 11.0. The smallest absolute Gasteiger partial charge is 0.239 e. The number of hydrogen-bond donors (Lipinski definition) is 0. The summed E-state index contributed by atoms with van der Waals surface area (Å²) in [5.74, 6) is -0.0117. The van der Waals surface area contributed by atoms with Crippen molar-refractivity contribution in [3.8, 4) is 11.6 Å². The van der Waals surface area contributed by atoms with Gasteiger partial charge in [0, 0.05) is 0 Å². The van der Waals surface area contributed by atoms with E-state index in [0.29, 0.717) is 0 Å². The van der Waals surface area contributed by atoms with Crippen molar-refractivity contribution in [2.45, 2.75) is 0 Å². The normalized spacial score (nSPS) is 10.1. The minimum absolute atomic E-state index is 0.241. The van der Waals surface area contributed by atoms with Gasteiger partial charge < -0.3 is 4.52 Å². The molecule has 2 heterocycles. The average molecular weight is 166 g/mol. The Morgan fingerprint density at radius 2 is 1.83 bits per heavy atom. The molecule has 0 aromatic carbocycles. The third-order valence-corrected chi connectivity index (χ3v) is 1.18. The quantitative estimate of drug-likeness (QED) is 0.622. The molecule has 6 heteroatoms. The molecule has 0 spiro atoms. The molecule has 2 aromatic heterocycles. The number of aromatic nitrogens is 4. The fourth-order valence-electron chi connectivity index (χ4n) is 0.697. The van der Waals surface area contributed by atoms with Gasteiger partial charge in [-0.15, -0.1) is 0 Å². The summed E-state index contributed by atoms with van der Waals surface area (Å²) >= 11 is 0. The Labute approximate surface area is 66.3 Å². The third-order valence-electron chi connectivity index (χ3n) is 1.18. The Morgan fingerprint density at radius 3 is 2.42 bits per heavy atom. The molecule has 0 saturated carbocycles. The van der Waals surface area contributed by atoms with Gasteiger partial charge in [0.2, 0.25) is 18.0 Å². The van der Waals surface area contributed by atoms with Crippen LogP contribution in [0.15, 0.2) is 23.3 Å². The number of rotatable bonds is 1. The largest absolute Gasteiger partial charge is 0.342 e. The molecule has 0 unspecified atom stereocenters. The second-order valence-corrected chi connectivity index (χ2v) is 1.98. The van der Waals surface area contributed by atoms with E-state index in [9.17, 15) is 4.39 Å². The van der Waals surface area contributed by atoms with E-state index >= 15 is 0 Å². The number of hydrogen-bond acceptors (Lipinski definition) is 5. The van der Waals surface area contributed by atoms with E-state index < -0.39 is 5.82 Å². The van der Waals surface area contributed by atoms with E-state index in [1.54, 1.807) is 0 Å². The Hall–Kier alpha value is -1.85. The SMILES string of the molecule is Fc1cnc(-c2ncon2)nc1. The van der Waals surface area contributed by atoms with Gasteiger partial charge in [-0.3, -0.25) is 0 Å². The van der Waals surface area contributed by atoms with Crippen LogP contribution in [0, 0.1) is 5.82 Å². The summed E-state index contributed by atoms with van der Waals surface area (Å²) in [5.41, 5.74) is 0. The molecule has 0 N–H and O–H groups in total. The van der Waals surface area contributed by atoms with Crippen LogP contribution in [0.25, 0.3) is 11.6 Å². The van der Waals surface area contributed by atoms with Crippen molar-refractivity contribution in [2.24, 2.45) is 0 Å². The van der Waals surface area contributed by atoms with Crippen molar-refractivity contribution in [1.29, 1.82) is 0 Å². The Kier molecular flexibility index (Phi) is 1.51. The first kappa shape index (κ1) is 6.84. The molecule has 60 valence electrons. The minimum atomic E-state index is -0.498. The molecule has 0 aliphatic heterocycles. The van der Waals surface area contributed by atoms with E-state index in [1.165, 1.54) is 0 Å². The van der Waals surface area contributed by atoms with Gasteiger partial charge in [0.15, 0.2) is 5.82 Å². The number of nitrogens with zero attached hydrogens (tertiary/aromatic N) is 4. The highest BCUT2D eigenvalue weighted by molar-refractivity contribution is 5.39. The van der Waals surface area contributed by atoms with Gasteiger partial charge in [-0.05, 0) is 0 Å². The molecule has 0 fully saturated rings. The monoisotopic (exact) mass is 166 g/mol. The van der Waals surface area contributed by atoms with Gasteiger partial charge in [-0.1, -0.05) is 5.16 Å². The fraction of sp³-hybridized carbons (Fsp3) is 0. The van der Waals surface area contributed by atoms with Crippen molar-refractivity contribution >= 4 is 0 Å². The zero-order chi connectivity index (χ0) is 8.39. The predicted molar refractivity (Wildman–Crippen MR) is 35.3 cm³/mol. The van der Waals surface area contributed by atoms with Gasteiger partial charge in [0.25, 0.3) is 0 Å². The highest BCUT2D eigenvalue weighted by atomic mass is 19.1. The Morgan fingerprint density at radius 1 is 1.08 bits per heavy atom. The van der Waals surface area contributed by atoms with Crippen molar-refractivity contribution in [1.82, 2.24) is 20.1 Å². The molecule has 5 nitrogen and oxygen atoms in total. The minimum Gasteiger partial charge on any atom is -0.342 e. The van der Waals surface area contributed by atoms with Gasteiger partial charge in [-0.2, -0.15) is 4.98 Å². The summed E-state index contributed by atoms with van der Waals surface area (Å²) in [6.45, 7) is 0.